The summed E-state index contributed by atoms with van der Waals surface area (Å²) in [4.78, 5) is 28.3. The monoisotopic (exact) mass is 363 g/mol. The maximum atomic E-state index is 14.2. The minimum atomic E-state index is -0.641. The second kappa shape index (κ2) is 7.42. The van der Waals surface area contributed by atoms with Crippen LogP contribution in [-0.2, 0) is 16.0 Å². The number of nitriles is 1. The van der Waals surface area contributed by atoms with Gasteiger partial charge in [0.15, 0.2) is 0 Å². The summed E-state index contributed by atoms with van der Waals surface area (Å²) in [6.07, 6.45) is 1.66. The van der Waals surface area contributed by atoms with E-state index in [2.05, 4.69) is 0 Å². The zero-order valence-corrected chi connectivity index (χ0v) is 15.0. The van der Waals surface area contributed by atoms with Gasteiger partial charge >= 0.3 is 0 Å². The maximum Gasteiger partial charge on any atom is 0.271 e. The van der Waals surface area contributed by atoms with E-state index in [1.165, 1.54) is 41.1 Å². The van der Waals surface area contributed by atoms with Crippen molar-refractivity contribution in [2.24, 2.45) is 0 Å². The van der Waals surface area contributed by atoms with Gasteiger partial charge in [-0.1, -0.05) is 36.4 Å². The van der Waals surface area contributed by atoms with E-state index in [9.17, 15) is 19.2 Å². The Kier molecular flexibility index (Phi) is 5.04. The van der Waals surface area contributed by atoms with E-state index in [0.29, 0.717) is 6.42 Å². The molecule has 5 nitrogen and oxygen atoms in total. The van der Waals surface area contributed by atoms with Gasteiger partial charge in [0.25, 0.3) is 5.91 Å². The molecule has 0 aromatic heterocycles. The van der Waals surface area contributed by atoms with Gasteiger partial charge in [0, 0.05) is 26.1 Å². The molecule has 1 heterocycles. The Morgan fingerprint density at radius 3 is 2.48 bits per heavy atom. The number of rotatable bonds is 3. The number of hydrogen-bond donors (Lipinski definition) is 0. The third-order valence-electron chi connectivity index (χ3n) is 4.71. The van der Waals surface area contributed by atoms with E-state index >= 15 is 0 Å². The van der Waals surface area contributed by atoms with Crippen molar-refractivity contribution in [3.63, 3.8) is 0 Å². The molecule has 2 aromatic carbocycles. The fourth-order valence-electron chi connectivity index (χ4n) is 3.11. The normalized spacial score (nSPS) is 18.7. The Morgan fingerprint density at radius 1 is 1.11 bits per heavy atom. The topological polar surface area (TPSA) is 64.4 Å². The Bertz CT molecular complexity index is 963. The van der Waals surface area contributed by atoms with Crippen molar-refractivity contribution in [3.05, 3.63) is 76.7 Å². The molecule has 2 aromatic rings. The number of hydrogen-bond acceptors (Lipinski definition) is 3. The van der Waals surface area contributed by atoms with Gasteiger partial charge in [0.1, 0.15) is 17.6 Å². The van der Waals surface area contributed by atoms with Crippen molar-refractivity contribution in [2.75, 3.05) is 14.1 Å². The predicted octanol–water partition coefficient (Wildman–Crippen LogP) is 2.58. The highest BCUT2D eigenvalue weighted by Gasteiger charge is 2.39. The number of nitrogens with zero attached hydrogens (tertiary/aromatic N) is 3. The molecule has 0 spiro atoms. The Hall–Kier alpha value is -3.46. The van der Waals surface area contributed by atoms with E-state index in [0.717, 1.165) is 5.56 Å². The lowest BCUT2D eigenvalue weighted by Crippen LogP contribution is -2.56. The molecule has 0 N–H and O–H groups in total. The summed E-state index contributed by atoms with van der Waals surface area (Å²) in [5.74, 6) is -1.28. The summed E-state index contributed by atoms with van der Waals surface area (Å²) in [6, 6.07) is 14.8. The van der Waals surface area contributed by atoms with Crippen LogP contribution in [0.1, 0.15) is 16.7 Å². The van der Waals surface area contributed by atoms with Crippen molar-refractivity contribution in [1.82, 2.24) is 9.80 Å². The van der Waals surface area contributed by atoms with Crippen LogP contribution in [0.4, 0.5) is 4.39 Å². The molecule has 0 saturated carbocycles. The summed E-state index contributed by atoms with van der Waals surface area (Å²) >= 11 is 0. The van der Waals surface area contributed by atoms with Gasteiger partial charge in [-0.25, -0.2) is 4.39 Å². The zero-order chi connectivity index (χ0) is 19.6. The molecule has 6 heteroatoms. The Balaban J connectivity index is 1.97. The van der Waals surface area contributed by atoms with Crippen molar-refractivity contribution in [2.45, 2.75) is 12.5 Å². The highest BCUT2D eigenvalue weighted by atomic mass is 19.1. The second-order valence-electron chi connectivity index (χ2n) is 6.36. The average Bonchev–Trinajstić information content (AvgIpc) is 2.68. The third kappa shape index (κ3) is 3.44. The molecule has 27 heavy (non-hydrogen) atoms. The van der Waals surface area contributed by atoms with E-state index < -0.39 is 17.8 Å². The van der Waals surface area contributed by atoms with Crippen LogP contribution < -0.4 is 0 Å². The van der Waals surface area contributed by atoms with Gasteiger partial charge in [-0.05, 0) is 23.8 Å². The van der Waals surface area contributed by atoms with Crippen LogP contribution in [0.25, 0.3) is 6.08 Å². The largest absolute Gasteiger partial charge is 0.328 e. The molecule has 1 atom stereocenters. The van der Waals surface area contributed by atoms with Crippen LogP contribution in [-0.4, -0.2) is 41.8 Å². The summed E-state index contributed by atoms with van der Waals surface area (Å²) in [6.45, 7) is 0. The Morgan fingerprint density at radius 2 is 1.81 bits per heavy atom. The summed E-state index contributed by atoms with van der Waals surface area (Å²) in [5, 5.41) is 9.19. The van der Waals surface area contributed by atoms with Crippen molar-refractivity contribution in [3.8, 4) is 6.07 Å². The van der Waals surface area contributed by atoms with Crippen LogP contribution in [0.15, 0.2) is 54.2 Å². The number of halogens is 1. The molecule has 2 amide bonds. The van der Waals surface area contributed by atoms with E-state index in [1.807, 2.05) is 36.4 Å². The highest BCUT2D eigenvalue weighted by Crippen LogP contribution is 2.25. The van der Waals surface area contributed by atoms with Crippen LogP contribution in [0.3, 0.4) is 0 Å². The minimum absolute atomic E-state index is 0.00194. The van der Waals surface area contributed by atoms with Gasteiger partial charge in [0.05, 0.1) is 11.6 Å². The van der Waals surface area contributed by atoms with Gasteiger partial charge in [-0.3, -0.25) is 9.59 Å². The molecule has 0 bridgehead atoms. The third-order valence-corrected chi connectivity index (χ3v) is 4.71. The van der Waals surface area contributed by atoms with E-state index in [1.54, 1.807) is 7.05 Å². The first-order valence-electron chi connectivity index (χ1n) is 8.43. The molecular weight excluding hydrogens is 345 g/mol. The number of likely N-dealkylation sites (N-methyl/N-ethyl adjacent to an activating group) is 2. The smallest absolute Gasteiger partial charge is 0.271 e. The lowest BCUT2D eigenvalue weighted by Gasteiger charge is -2.38. The number of benzene rings is 2. The van der Waals surface area contributed by atoms with Gasteiger partial charge < -0.3 is 9.80 Å². The molecule has 1 unspecified atom stereocenters. The summed E-state index contributed by atoms with van der Waals surface area (Å²) in [7, 11) is 3.05. The van der Waals surface area contributed by atoms with E-state index in [4.69, 9.17) is 0 Å². The average molecular weight is 363 g/mol. The van der Waals surface area contributed by atoms with Gasteiger partial charge in [0.2, 0.25) is 5.91 Å². The van der Waals surface area contributed by atoms with Crippen molar-refractivity contribution >= 4 is 17.9 Å². The maximum absolute atomic E-state index is 14.2. The second-order valence-corrected chi connectivity index (χ2v) is 6.36. The molecule has 0 radical (unpaired) electrons. The molecule has 1 fully saturated rings. The first-order valence-corrected chi connectivity index (χ1v) is 8.43. The van der Waals surface area contributed by atoms with Gasteiger partial charge in [-0.2, -0.15) is 5.26 Å². The quantitative estimate of drug-likeness (QED) is 0.788. The molecule has 136 valence electrons. The molecule has 1 aliphatic heterocycles. The SMILES string of the molecule is CN1C(=O)C(Cc2ccccc2)N(C)C(=O)C1=Cc1c(F)cccc1C#N. The lowest BCUT2D eigenvalue weighted by molar-refractivity contribution is -0.148. The number of amides is 2. The predicted molar refractivity (Wildman–Crippen MR) is 98.6 cm³/mol. The number of carbonyl (C=O) groups excluding carboxylic acids is 2. The molecule has 0 aliphatic carbocycles. The Labute approximate surface area is 156 Å². The molecular formula is C21H18FN3O2. The van der Waals surface area contributed by atoms with Crippen LogP contribution >= 0.6 is 0 Å². The lowest BCUT2D eigenvalue weighted by atomic mass is 9.99. The zero-order valence-electron chi connectivity index (χ0n) is 15.0. The highest BCUT2D eigenvalue weighted by molar-refractivity contribution is 6.07. The summed E-state index contributed by atoms with van der Waals surface area (Å²) < 4.78 is 14.2. The first-order chi connectivity index (χ1) is 12.9. The standard InChI is InChI=1S/C21H18FN3O2/c1-24-18(11-14-7-4-3-5-8-14)20(26)25(2)19(21(24)27)12-16-15(13-23)9-6-10-17(16)22/h3-10,12,18H,11H2,1-2H3. The fourth-order valence-corrected chi connectivity index (χ4v) is 3.11. The van der Waals surface area contributed by atoms with E-state index in [-0.39, 0.29) is 22.7 Å². The number of piperazine rings is 1. The van der Waals surface area contributed by atoms with Gasteiger partial charge in [-0.15, -0.1) is 0 Å². The molecule has 3 rings (SSSR count). The van der Waals surface area contributed by atoms with Crippen molar-refractivity contribution in [1.29, 1.82) is 5.26 Å². The number of carbonyl (C=O) groups is 2. The first kappa shape index (κ1) is 18.3. The summed E-state index contributed by atoms with van der Waals surface area (Å²) in [5.41, 5.74) is 1.08. The molecule has 1 aliphatic rings. The van der Waals surface area contributed by atoms with Crippen LogP contribution in [0.2, 0.25) is 0 Å². The molecule has 1 saturated heterocycles. The minimum Gasteiger partial charge on any atom is -0.328 e. The van der Waals surface area contributed by atoms with Crippen LogP contribution in [0, 0.1) is 17.1 Å². The van der Waals surface area contributed by atoms with Crippen LogP contribution in [0.5, 0.6) is 0 Å². The fraction of sp³-hybridized carbons (Fsp3) is 0.190. The van der Waals surface area contributed by atoms with Crippen molar-refractivity contribution < 1.29 is 14.0 Å².